The van der Waals surface area contributed by atoms with E-state index in [9.17, 15) is 15.3 Å². The maximum Gasteiger partial charge on any atom is 0.186 e. The first-order chi connectivity index (χ1) is 6.11. The fourth-order valence-electron chi connectivity index (χ4n) is 1.45. The van der Waals surface area contributed by atoms with Gasteiger partial charge in [0.1, 0.15) is 18.3 Å². The van der Waals surface area contributed by atoms with Crippen molar-refractivity contribution >= 4 is 0 Å². The van der Waals surface area contributed by atoms with Crippen LogP contribution in [0, 0.1) is 0 Å². The molecule has 0 aliphatic carbocycles. The second kappa shape index (κ2) is 4.34. The Morgan fingerprint density at radius 2 is 1.77 bits per heavy atom. The Morgan fingerprint density at radius 1 is 1.15 bits per heavy atom. The van der Waals surface area contributed by atoms with Crippen molar-refractivity contribution in [1.29, 1.82) is 0 Å². The third-order valence-electron chi connectivity index (χ3n) is 2.30. The quantitative estimate of drug-likeness (QED) is 0.515. The molecule has 2 unspecified atom stereocenters. The molecule has 0 spiro atoms. The Labute approximate surface area is 76.9 Å². The van der Waals surface area contributed by atoms with Gasteiger partial charge in [-0.25, -0.2) is 0 Å². The van der Waals surface area contributed by atoms with Gasteiger partial charge in [-0.3, -0.25) is 0 Å². The van der Waals surface area contributed by atoms with E-state index in [2.05, 4.69) is 0 Å². The molecule has 0 aromatic heterocycles. The van der Waals surface area contributed by atoms with E-state index in [0.29, 0.717) is 6.42 Å². The van der Waals surface area contributed by atoms with E-state index < -0.39 is 30.7 Å². The molecule has 1 heterocycles. The Balaban J connectivity index is 2.66. The van der Waals surface area contributed by atoms with Crippen molar-refractivity contribution < 1.29 is 24.8 Å². The second-order valence-corrected chi connectivity index (χ2v) is 3.16. The third-order valence-corrected chi connectivity index (χ3v) is 2.30. The standard InChI is InChI=1S/C8H16O5/c1-3-4-5(9)6(10)7(11)8(12-2)13-4/h4-11H,3H2,1-2H3/t4?,5-,6+,7?,8+/m1/s1. The summed E-state index contributed by atoms with van der Waals surface area (Å²) in [6.45, 7) is 1.82. The lowest BCUT2D eigenvalue weighted by molar-refractivity contribution is -0.290. The first-order valence-electron chi connectivity index (χ1n) is 4.34. The van der Waals surface area contributed by atoms with E-state index in [1.165, 1.54) is 7.11 Å². The Bertz CT molecular complexity index is 143. The van der Waals surface area contributed by atoms with Crippen LogP contribution in [0.4, 0.5) is 0 Å². The van der Waals surface area contributed by atoms with Crippen LogP contribution in [0.25, 0.3) is 0 Å². The van der Waals surface area contributed by atoms with Crippen LogP contribution in [-0.2, 0) is 9.47 Å². The van der Waals surface area contributed by atoms with Crippen LogP contribution in [0.1, 0.15) is 13.3 Å². The molecule has 13 heavy (non-hydrogen) atoms. The summed E-state index contributed by atoms with van der Waals surface area (Å²) in [4.78, 5) is 0. The summed E-state index contributed by atoms with van der Waals surface area (Å²) in [6.07, 6.45) is -4.23. The number of hydrogen-bond donors (Lipinski definition) is 3. The van der Waals surface area contributed by atoms with Crippen LogP contribution < -0.4 is 0 Å². The molecule has 0 radical (unpaired) electrons. The van der Waals surface area contributed by atoms with Gasteiger partial charge >= 0.3 is 0 Å². The van der Waals surface area contributed by atoms with Crippen LogP contribution in [-0.4, -0.2) is 53.1 Å². The summed E-state index contributed by atoms with van der Waals surface area (Å²) in [5, 5.41) is 28.2. The lowest BCUT2D eigenvalue weighted by Crippen LogP contribution is -2.57. The minimum absolute atomic E-state index is 0.483. The first kappa shape index (κ1) is 10.9. The lowest BCUT2D eigenvalue weighted by Gasteiger charge is -2.39. The van der Waals surface area contributed by atoms with E-state index in [4.69, 9.17) is 9.47 Å². The summed E-state index contributed by atoms with van der Waals surface area (Å²) < 4.78 is 10.0. The van der Waals surface area contributed by atoms with Gasteiger partial charge in [-0.1, -0.05) is 6.92 Å². The minimum Gasteiger partial charge on any atom is -0.388 e. The number of aliphatic hydroxyl groups is 3. The maximum atomic E-state index is 9.43. The highest BCUT2D eigenvalue weighted by Crippen LogP contribution is 2.23. The van der Waals surface area contributed by atoms with E-state index in [0.717, 1.165) is 0 Å². The molecular weight excluding hydrogens is 176 g/mol. The predicted octanol–water partition coefficient (Wildman–Crippen LogP) is -1.15. The molecule has 1 saturated heterocycles. The van der Waals surface area contributed by atoms with Crippen molar-refractivity contribution in [3.8, 4) is 0 Å². The molecule has 1 fully saturated rings. The minimum atomic E-state index is -1.20. The molecule has 0 amide bonds. The van der Waals surface area contributed by atoms with Crippen LogP contribution in [0.3, 0.4) is 0 Å². The van der Waals surface area contributed by atoms with Gasteiger partial charge < -0.3 is 24.8 Å². The molecule has 1 aliphatic heterocycles. The van der Waals surface area contributed by atoms with E-state index in [-0.39, 0.29) is 0 Å². The molecule has 0 aromatic carbocycles. The van der Waals surface area contributed by atoms with E-state index in [1.54, 1.807) is 0 Å². The van der Waals surface area contributed by atoms with Crippen LogP contribution in [0.15, 0.2) is 0 Å². The van der Waals surface area contributed by atoms with Gasteiger partial charge in [0, 0.05) is 7.11 Å². The average molecular weight is 192 g/mol. The van der Waals surface area contributed by atoms with Gasteiger partial charge in [-0.05, 0) is 6.42 Å². The van der Waals surface area contributed by atoms with Gasteiger partial charge in [0.2, 0.25) is 0 Å². The molecule has 0 bridgehead atoms. The number of rotatable bonds is 2. The molecular formula is C8H16O5. The molecule has 1 rings (SSSR count). The first-order valence-corrected chi connectivity index (χ1v) is 4.34. The van der Waals surface area contributed by atoms with Crippen molar-refractivity contribution in [2.24, 2.45) is 0 Å². The Morgan fingerprint density at radius 3 is 2.23 bits per heavy atom. The van der Waals surface area contributed by atoms with Crippen LogP contribution >= 0.6 is 0 Å². The summed E-state index contributed by atoms with van der Waals surface area (Å²) in [5.41, 5.74) is 0. The molecule has 78 valence electrons. The normalized spacial score (nSPS) is 46.4. The maximum absolute atomic E-state index is 9.43. The fraction of sp³-hybridized carbons (Fsp3) is 1.00. The van der Waals surface area contributed by atoms with Crippen molar-refractivity contribution in [3.05, 3.63) is 0 Å². The SMILES string of the molecule is CCC1O[C@H](OC)C(O)[C@@H](O)[C@@H]1O. The lowest BCUT2D eigenvalue weighted by atomic mass is 9.97. The van der Waals surface area contributed by atoms with Crippen LogP contribution in [0.5, 0.6) is 0 Å². The summed E-state index contributed by atoms with van der Waals surface area (Å²) in [5.74, 6) is 0. The number of ether oxygens (including phenoxy) is 2. The number of aliphatic hydroxyl groups excluding tert-OH is 3. The molecule has 5 heteroatoms. The monoisotopic (exact) mass is 192 g/mol. The highest BCUT2D eigenvalue weighted by molar-refractivity contribution is 4.88. The van der Waals surface area contributed by atoms with Gasteiger partial charge in [-0.15, -0.1) is 0 Å². The zero-order valence-corrected chi connectivity index (χ0v) is 7.75. The van der Waals surface area contributed by atoms with Gasteiger partial charge in [0.25, 0.3) is 0 Å². The number of hydrogen-bond acceptors (Lipinski definition) is 5. The third kappa shape index (κ3) is 2.00. The van der Waals surface area contributed by atoms with Gasteiger partial charge in [-0.2, -0.15) is 0 Å². The molecule has 5 atom stereocenters. The summed E-state index contributed by atoms with van der Waals surface area (Å²) in [6, 6.07) is 0. The topological polar surface area (TPSA) is 79.2 Å². The molecule has 3 N–H and O–H groups in total. The van der Waals surface area contributed by atoms with Crippen molar-refractivity contribution in [2.75, 3.05) is 7.11 Å². The Hall–Kier alpha value is -0.200. The van der Waals surface area contributed by atoms with Crippen molar-refractivity contribution in [3.63, 3.8) is 0 Å². The van der Waals surface area contributed by atoms with Gasteiger partial charge in [0.15, 0.2) is 6.29 Å². The van der Waals surface area contributed by atoms with E-state index >= 15 is 0 Å². The largest absolute Gasteiger partial charge is 0.388 e. The zero-order chi connectivity index (χ0) is 10.0. The molecule has 0 aromatic rings. The van der Waals surface area contributed by atoms with Crippen molar-refractivity contribution in [2.45, 2.75) is 44.1 Å². The summed E-state index contributed by atoms with van der Waals surface area (Å²) >= 11 is 0. The number of methoxy groups -OCH3 is 1. The highest BCUT2D eigenvalue weighted by Gasteiger charge is 2.42. The average Bonchev–Trinajstić information content (AvgIpc) is 2.15. The molecule has 0 saturated carbocycles. The Kier molecular flexibility index (Phi) is 3.63. The summed E-state index contributed by atoms with van der Waals surface area (Å²) in [7, 11) is 1.38. The van der Waals surface area contributed by atoms with Crippen LogP contribution in [0.2, 0.25) is 0 Å². The smallest absolute Gasteiger partial charge is 0.186 e. The molecule has 5 nitrogen and oxygen atoms in total. The highest BCUT2D eigenvalue weighted by atomic mass is 16.7. The molecule has 1 aliphatic rings. The predicted molar refractivity (Wildman–Crippen MR) is 44.0 cm³/mol. The zero-order valence-electron chi connectivity index (χ0n) is 7.75. The van der Waals surface area contributed by atoms with Gasteiger partial charge in [0.05, 0.1) is 6.10 Å². The van der Waals surface area contributed by atoms with E-state index in [1.807, 2.05) is 6.92 Å². The van der Waals surface area contributed by atoms with Crippen molar-refractivity contribution in [1.82, 2.24) is 0 Å². The second-order valence-electron chi connectivity index (χ2n) is 3.16. The fourth-order valence-corrected chi connectivity index (χ4v) is 1.45.